The van der Waals surface area contributed by atoms with Crippen molar-refractivity contribution in [1.29, 1.82) is 0 Å². The maximum atomic E-state index is 16.8. The molecular formula is C35H34F2N6O2. The number of benzene rings is 2. The van der Waals surface area contributed by atoms with E-state index in [1.807, 2.05) is 0 Å². The number of rotatable bonds is 5. The Morgan fingerprint density at radius 1 is 1.11 bits per heavy atom. The zero-order valence-corrected chi connectivity index (χ0v) is 25.0. The fraction of sp³-hybridized carbons (Fsp3) is 0.457. The minimum Gasteiger partial charge on any atom is -0.508 e. The minimum absolute atomic E-state index is 0.0159. The SMILES string of the molecule is C#Cc1c(F)ccc2cc(O)cc(-c3ncc4c(N5C[C@H]6CC[C@@H](C5)N6)nc(OCC56CCCN5CC5(CC5)C6)nc4c3F)c12. The van der Waals surface area contributed by atoms with Crippen molar-refractivity contribution in [2.24, 2.45) is 5.41 Å². The van der Waals surface area contributed by atoms with E-state index in [0.29, 0.717) is 46.1 Å². The number of hydrogen-bond donors (Lipinski definition) is 2. The summed E-state index contributed by atoms with van der Waals surface area (Å²) in [6.07, 6.45) is 15.4. The molecule has 1 unspecified atom stereocenters. The van der Waals surface area contributed by atoms with Crippen LogP contribution in [0.1, 0.15) is 50.5 Å². The zero-order chi connectivity index (χ0) is 30.5. The second-order valence-corrected chi connectivity index (χ2v) is 13.9. The molecular weight excluding hydrogens is 574 g/mol. The molecule has 1 spiro atoms. The van der Waals surface area contributed by atoms with Crippen LogP contribution in [0.15, 0.2) is 30.5 Å². The number of terminal acetylenes is 1. The molecule has 2 N–H and O–H groups in total. The van der Waals surface area contributed by atoms with Gasteiger partial charge < -0.3 is 20.1 Å². The molecule has 6 heterocycles. The Hall–Kier alpha value is -4.07. The van der Waals surface area contributed by atoms with E-state index in [9.17, 15) is 9.50 Å². The van der Waals surface area contributed by atoms with Crippen molar-refractivity contribution >= 4 is 27.5 Å². The first-order valence-electron chi connectivity index (χ1n) is 16.0. The van der Waals surface area contributed by atoms with Crippen molar-refractivity contribution in [1.82, 2.24) is 25.2 Å². The van der Waals surface area contributed by atoms with Gasteiger partial charge in [-0.3, -0.25) is 9.88 Å². The third kappa shape index (κ3) is 4.27. The van der Waals surface area contributed by atoms with Gasteiger partial charge in [0.25, 0.3) is 0 Å². The van der Waals surface area contributed by atoms with Gasteiger partial charge >= 0.3 is 6.01 Å². The van der Waals surface area contributed by atoms with Gasteiger partial charge in [-0.2, -0.15) is 9.97 Å². The predicted molar refractivity (Wildman–Crippen MR) is 167 cm³/mol. The number of piperazine rings is 1. The lowest BCUT2D eigenvalue weighted by atomic mass is 9.89. The normalized spacial score (nSPS) is 26.6. The van der Waals surface area contributed by atoms with Gasteiger partial charge in [-0.25, -0.2) is 8.78 Å². The molecule has 45 heavy (non-hydrogen) atoms. The molecule has 2 aromatic heterocycles. The molecule has 4 saturated heterocycles. The molecule has 0 amide bonds. The summed E-state index contributed by atoms with van der Waals surface area (Å²) in [6.45, 7) is 4.17. The van der Waals surface area contributed by atoms with Crippen molar-refractivity contribution in [3.63, 3.8) is 0 Å². The monoisotopic (exact) mass is 608 g/mol. The average molecular weight is 609 g/mol. The third-order valence-corrected chi connectivity index (χ3v) is 11.0. The number of nitrogens with zero attached hydrogens (tertiary/aromatic N) is 5. The van der Waals surface area contributed by atoms with Crippen LogP contribution in [0.3, 0.4) is 0 Å². The van der Waals surface area contributed by atoms with Gasteiger partial charge in [0.1, 0.15) is 35.2 Å². The van der Waals surface area contributed by atoms with Crippen molar-refractivity contribution in [2.45, 2.75) is 62.6 Å². The summed E-state index contributed by atoms with van der Waals surface area (Å²) < 4.78 is 38.1. The fourth-order valence-electron chi connectivity index (χ4n) is 8.76. The summed E-state index contributed by atoms with van der Waals surface area (Å²) in [5.74, 6) is 1.60. The number of aromatic nitrogens is 3. The van der Waals surface area contributed by atoms with Crippen molar-refractivity contribution in [3.05, 3.63) is 47.7 Å². The van der Waals surface area contributed by atoms with Crippen LogP contribution in [0.25, 0.3) is 32.9 Å². The highest BCUT2D eigenvalue weighted by atomic mass is 19.1. The van der Waals surface area contributed by atoms with Crippen LogP contribution in [0.2, 0.25) is 0 Å². The van der Waals surface area contributed by atoms with Crippen LogP contribution in [-0.2, 0) is 0 Å². The van der Waals surface area contributed by atoms with Gasteiger partial charge in [-0.05, 0) is 80.5 Å². The number of nitrogens with one attached hydrogen (secondary N) is 1. The molecule has 3 atom stereocenters. The molecule has 8 nitrogen and oxygen atoms in total. The lowest BCUT2D eigenvalue weighted by Crippen LogP contribution is -2.51. The van der Waals surface area contributed by atoms with Crippen LogP contribution in [0.5, 0.6) is 11.8 Å². The Kier molecular flexibility index (Phi) is 5.88. The Morgan fingerprint density at radius 3 is 2.71 bits per heavy atom. The quantitative estimate of drug-likeness (QED) is 0.301. The van der Waals surface area contributed by atoms with E-state index < -0.39 is 11.6 Å². The molecule has 4 aliphatic heterocycles. The van der Waals surface area contributed by atoms with Crippen LogP contribution < -0.4 is 15.0 Å². The van der Waals surface area contributed by atoms with Gasteiger partial charge in [-0.1, -0.05) is 12.0 Å². The summed E-state index contributed by atoms with van der Waals surface area (Å²) >= 11 is 0. The fourth-order valence-corrected chi connectivity index (χ4v) is 8.76. The number of aromatic hydroxyl groups is 1. The van der Waals surface area contributed by atoms with E-state index in [1.165, 1.54) is 37.1 Å². The Bertz CT molecular complexity index is 1930. The number of halogens is 2. The van der Waals surface area contributed by atoms with E-state index in [1.54, 1.807) is 6.20 Å². The Balaban J connectivity index is 1.18. The number of pyridine rings is 1. The van der Waals surface area contributed by atoms with E-state index in [4.69, 9.17) is 16.1 Å². The summed E-state index contributed by atoms with van der Waals surface area (Å²) in [5, 5.41) is 15.5. The van der Waals surface area contributed by atoms with Gasteiger partial charge in [-0.15, -0.1) is 6.42 Å². The number of hydrogen-bond acceptors (Lipinski definition) is 8. The topological polar surface area (TPSA) is 86.6 Å². The van der Waals surface area contributed by atoms with Crippen molar-refractivity contribution in [2.75, 3.05) is 37.7 Å². The Morgan fingerprint density at radius 2 is 1.93 bits per heavy atom. The summed E-state index contributed by atoms with van der Waals surface area (Å²) in [6, 6.07) is 6.43. The standard InChI is InChI=1S/C35H34F2N6O2/c1-2-24-27(36)7-4-20-12-23(44)13-25(28(20)24)30-29(37)31-26(14-38-30)32(42-15-21-5-6-22(16-42)39-21)41-33(40-31)45-19-35-8-3-11-43(35)18-34(17-35)9-10-34/h1,4,7,12-14,21-22,39,44H,3,5-6,8-11,15-19H2/t21-,22+,35?. The predicted octanol–water partition coefficient (Wildman–Crippen LogP) is 5.15. The molecule has 2 bridgehead atoms. The first-order valence-corrected chi connectivity index (χ1v) is 16.0. The van der Waals surface area contributed by atoms with Crippen LogP contribution in [0.4, 0.5) is 14.6 Å². The highest BCUT2D eigenvalue weighted by Crippen LogP contribution is 2.60. The summed E-state index contributed by atoms with van der Waals surface area (Å²) in [5.41, 5.74) is 0.590. The van der Waals surface area contributed by atoms with E-state index in [0.717, 1.165) is 58.3 Å². The summed E-state index contributed by atoms with van der Waals surface area (Å²) in [7, 11) is 0. The largest absolute Gasteiger partial charge is 0.508 e. The lowest BCUT2D eigenvalue weighted by Gasteiger charge is -2.34. The molecule has 230 valence electrons. The van der Waals surface area contributed by atoms with Crippen LogP contribution >= 0.6 is 0 Å². The van der Waals surface area contributed by atoms with Gasteiger partial charge in [0.05, 0.1) is 16.5 Å². The maximum Gasteiger partial charge on any atom is 0.319 e. The number of phenols is 1. The average Bonchev–Trinajstić information content (AvgIpc) is 3.39. The lowest BCUT2D eigenvalue weighted by molar-refractivity contribution is 0.107. The highest BCUT2D eigenvalue weighted by molar-refractivity contribution is 6.03. The number of phenolic OH excluding ortho intramolecular Hbond substituents is 1. The number of ether oxygens (including phenoxy) is 1. The first kappa shape index (κ1) is 27.3. The second-order valence-electron chi connectivity index (χ2n) is 13.9. The molecule has 2 aromatic carbocycles. The molecule has 10 heteroatoms. The van der Waals surface area contributed by atoms with E-state index >= 15 is 4.39 Å². The first-order chi connectivity index (χ1) is 21.8. The molecule has 1 aliphatic carbocycles. The molecule has 5 aliphatic rings. The van der Waals surface area contributed by atoms with Crippen molar-refractivity contribution < 1.29 is 18.6 Å². The van der Waals surface area contributed by atoms with Gasteiger partial charge in [0, 0.05) is 48.9 Å². The Labute approximate surface area is 259 Å². The number of anilines is 1. The zero-order valence-electron chi connectivity index (χ0n) is 25.0. The van der Waals surface area contributed by atoms with Crippen LogP contribution in [0, 0.1) is 29.4 Å². The van der Waals surface area contributed by atoms with Gasteiger partial charge in [0.15, 0.2) is 5.82 Å². The smallest absolute Gasteiger partial charge is 0.319 e. The molecule has 5 fully saturated rings. The van der Waals surface area contributed by atoms with E-state index in [2.05, 4.69) is 31.0 Å². The number of fused-ring (bicyclic) bond motifs is 5. The third-order valence-electron chi connectivity index (χ3n) is 11.0. The molecule has 4 aromatic rings. The van der Waals surface area contributed by atoms with Crippen LogP contribution in [-0.4, -0.2) is 75.4 Å². The maximum absolute atomic E-state index is 16.8. The summed E-state index contributed by atoms with van der Waals surface area (Å²) in [4.78, 5) is 18.9. The molecule has 9 rings (SSSR count). The van der Waals surface area contributed by atoms with E-state index in [-0.39, 0.29) is 39.6 Å². The highest BCUT2D eigenvalue weighted by Gasteiger charge is 2.60. The second kappa shape index (κ2) is 9.71. The molecule has 0 radical (unpaired) electrons. The van der Waals surface area contributed by atoms with Gasteiger partial charge in [0.2, 0.25) is 0 Å². The minimum atomic E-state index is -0.698. The molecule has 1 saturated carbocycles. The van der Waals surface area contributed by atoms with Crippen molar-refractivity contribution in [3.8, 4) is 35.4 Å².